The fraction of sp³-hybridized carbons (Fsp3) is 0.500. The Kier molecular flexibility index (Phi) is 3.28. The Hall–Kier alpha value is -1.31. The number of methoxy groups -OCH3 is 1. The highest BCUT2D eigenvalue weighted by molar-refractivity contribution is 5.79. The summed E-state index contributed by atoms with van der Waals surface area (Å²) in [4.78, 5) is 11.3. The highest BCUT2D eigenvalue weighted by Gasteiger charge is 2.17. The summed E-state index contributed by atoms with van der Waals surface area (Å²) in [6.45, 7) is 1.64. The summed E-state index contributed by atoms with van der Waals surface area (Å²) >= 11 is 0. The van der Waals surface area contributed by atoms with Crippen LogP contribution in [0.4, 0.5) is 0 Å². The van der Waals surface area contributed by atoms with Gasteiger partial charge in [-0.25, -0.2) is 0 Å². The first kappa shape index (κ1) is 11.2. The van der Waals surface area contributed by atoms with Crippen LogP contribution in [0.2, 0.25) is 0 Å². The molecule has 2 nitrogen and oxygen atoms in total. The number of ether oxygens (including phenoxy) is 1. The molecule has 1 aromatic carbocycles. The highest BCUT2D eigenvalue weighted by atomic mass is 16.5. The summed E-state index contributed by atoms with van der Waals surface area (Å²) in [6.07, 6.45) is 5.23. The SMILES string of the molecule is COc1ccc2c(c1CC(C)=O)CCCC2. The molecule has 0 saturated heterocycles. The van der Waals surface area contributed by atoms with Gasteiger partial charge in [0.1, 0.15) is 11.5 Å². The molecule has 2 heteroatoms. The summed E-state index contributed by atoms with van der Waals surface area (Å²) in [6, 6.07) is 4.15. The number of Topliss-reactive ketones (excluding diaryl/α,β-unsaturated/α-hetero) is 1. The molecule has 0 fully saturated rings. The number of fused-ring (bicyclic) bond motifs is 1. The predicted molar refractivity (Wildman–Crippen MR) is 64.0 cm³/mol. The maximum Gasteiger partial charge on any atom is 0.134 e. The van der Waals surface area contributed by atoms with Crippen LogP contribution in [0, 0.1) is 0 Å². The average Bonchev–Trinajstić information content (AvgIpc) is 2.29. The summed E-state index contributed by atoms with van der Waals surface area (Å²) in [5.74, 6) is 1.08. The Balaban J connectivity index is 2.47. The Morgan fingerprint density at radius 1 is 1.31 bits per heavy atom. The number of ketones is 1. The first-order chi connectivity index (χ1) is 7.72. The summed E-state index contributed by atoms with van der Waals surface area (Å²) in [5, 5.41) is 0. The molecule has 16 heavy (non-hydrogen) atoms. The second kappa shape index (κ2) is 4.69. The monoisotopic (exact) mass is 218 g/mol. The van der Waals surface area contributed by atoms with E-state index in [1.54, 1.807) is 14.0 Å². The molecule has 0 radical (unpaired) electrons. The van der Waals surface area contributed by atoms with Crippen molar-refractivity contribution in [1.82, 2.24) is 0 Å². The van der Waals surface area contributed by atoms with Gasteiger partial charge in [-0.3, -0.25) is 4.79 Å². The molecule has 1 aliphatic rings. The number of aryl methyl sites for hydroxylation is 1. The predicted octanol–water partition coefficient (Wildman–Crippen LogP) is 2.71. The van der Waals surface area contributed by atoms with Crippen molar-refractivity contribution < 1.29 is 9.53 Å². The fourth-order valence-electron chi connectivity index (χ4n) is 2.52. The van der Waals surface area contributed by atoms with Crippen molar-refractivity contribution in [2.45, 2.75) is 39.0 Å². The van der Waals surface area contributed by atoms with Gasteiger partial charge in [-0.05, 0) is 49.8 Å². The van der Waals surface area contributed by atoms with Crippen LogP contribution in [0.15, 0.2) is 12.1 Å². The quantitative estimate of drug-likeness (QED) is 0.779. The normalized spacial score (nSPS) is 14.4. The van der Waals surface area contributed by atoms with Crippen molar-refractivity contribution in [3.63, 3.8) is 0 Å². The van der Waals surface area contributed by atoms with Gasteiger partial charge in [-0.1, -0.05) is 6.07 Å². The van der Waals surface area contributed by atoms with Crippen LogP contribution in [0.25, 0.3) is 0 Å². The van der Waals surface area contributed by atoms with E-state index in [9.17, 15) is 4.79 Å². The van der Waals surface area contributed by atoms with Crippen LogP contribution >= 0.6 is 0 Å². The molecule has 2 rings (SSSR count). The number of carbonyl (C=O) groups is 1. The minimum atomic E-state index is 0.206. The molecular formula is C14H18O2. The third kappa shape index (κ3) is 2.11. The molecule has 0 saturated carbocycles. The van der Waals surface area contributed by atoms with Crippen LogP contribution in [0.3, 0.4) is 0 Å². The zero-order valence-electron chi connectivity index (χ0n) is 10.0. The van der Waals surface area contributed by atoms with Crippen molar-refractivity contribution >= 4 is 5.78 Å². The van der Waals surface area contributed by atoms with Gasteiger partial charge in [0.25, 0.3) is 0 Å². The molecule has 1 aliphatic carbocycles. The van der Waals surface area contributed by atoms with Crippen LogP contribution in [-0.2, 0) is 24.1 Å². The Bertz CT molecular complexity index is 407. The van der Waals surface area contributed by atoms with E-state index in [2.05, 4.69) is 6.07 Å². The van der Waals surface area contributed by atoms with Gasteiger partial charge in [0.05, 0.1) is 7.11 Å². The average molecular weight is 218 g/mol. The topological polar surface area (TPSA) is 26.3 Å². The lowest BCUT2D eigenvalue weighted by Gasteiger charge is -2.21. The van der Waals surface area contributed by atoms with Crippen molar-refractivity contribution in [2.24, 2.45) is 0 Å². The molecule has 0 amide bonds. The van der Waals surface area contributed by atoms with Gasteiger partial charge in [0.15, 0.2) is 0 Å². The Morgan fingerprint density at radius 2 is 2.06 bits per heavy atom. The highest BCUT2D eigenvalue weighted by Crippen LogP contribution is 2.31. The minimum Gasteiger partial charge on any atom is -0.496 e. The number of hydrogen-bond donors (Lipinski definition) is 0. The number of carbonyl (C=O) groups excluding carboxylic acids is 1. The van der Waals surface area contributed by atoms with E-state index in [0.29, 0.717) is 6.42 Å². The van der Waals surface area contributed by atoms with Crippen LogP contribution < -0.4 is 4.74 Å². The Labute approximate surface area is 96.6 Å². The molecule has 0 heterocycles. The minimum absolute atomic E-state index is 0.206. The van der Waals surface area contributed by atoms with Crippen LogP contribution in [0.5, 0.6) is 5.75 Å². The van der Waals surface area contributed by atoms with E-state index in [4.69, 9.17) is 4.74 Å². The fourth-order valence-corrected chi connectivity index (χ4v) is 2.52. The van der Waals surface area contributed by atoms with Crippen molar-refractivity contribution in [2.75, 3.05) is 7.11 Å². The lowest BCUT2D eigenvalue weighted by atomic mass is 9.86. The Morgan fingerprint density at radius 3 is 2.75 bits per heavy atom. The van der Waals surface area contributed by atoms with E-state index in [0.717, 1.165) is 24.2 Å². The van der Waals surface area contributed by atoms with E-state index in [1.807, 2.05) is 6.07 Å². The van der Waals surface area contributed by atoms with E-state index < -0.39 is 0 Å². The maximum atomic E-state index is 11.3. The number of benzene rings is 1. The first-order valence-corrected chi connectivity index (χ1v) is 5.89. The molecule has 0 bridgehead atoms. The molecule has 0 aliphatic heterocycles. The molecule has 0 N–H and O–H groups in total. The molecule has 0 spiro atoms. The van der Waals surface area contributed by atoms with Gasteiger partial charge in [-0.15, -0.1) is 0 Å². The summed E-state index contributed by atoms with van der Waals surface area (Å²) < 4.78 is 5.36. The van der Waals surface area contributed by atoms with Crippen molar-refractivity contribution in [3.05, 3.63) is 28.8 Å². The molecule has 0 unspecified atom stereocenters. The van der Waals surface area contributed by atoms with Gasteiger partial charge in [0, 0.05) is 12.0 Å². The lowest BCUT2D eigenvalue weighted by Crippen LogP contribution is -2.10. The van der Waals surface area contributed by atoms with Crippen LogP contribution in [-0.4, -0.2) is 12.9 Å². The second-order valence-corrected chi connectivity index (χ2v) is 4.47. The van der Waals surface area contributed by atoms with Gasteiger partial charge >= 0.3 is 0 Å². The third-order valence-corrected chi connectivity index (χ3v) is 3.25. The second-order valence-electron chi connectivity index (χ2n) is 4.47. The molecular weight excluding hydrogens is 200 g/mol. The van der Waals surface area contributed by atoms with Crippen LogP contribution in [0.1, 0.15) is 36.5 Å². The molecule has 1 aromatic rings. The zero-order valence-corrected chi connectivity index (χ0v) is 10.0. The number of hydrogen-bond acceptors (Lipinski definition) is 2. The molecule has 0 atom stereocenters. The van der Waals surface area contributed by atoms with Gasteiger partial charge in [0.2, 0.25) is 0 Å². The smallest absolute Gasteiger partial charge is 0.134 e. The largest absolute Gasteiger partial charge is 0.496 e. The van der Waals surface area contributed by atoms with Gasteiger partial charge in [-0.2, -0.15) is 0 Å². The maximum absolute atomic E-state index is 11.3. The van der Waals surface area contributed by atoms with Crippen molar-refractivity contribution in [1.29, 1.82) is 0 Å². The summed E-state index contributed by atoms with van der Waals surface area (Å²) in [7, 11) is 1.67. The van der Waals surface area contributed by atoms with E-state index in [1.165, 1.54) is 24.0 Å². The van der Waals surface area contributed by atoms with Gasteiger partial charge < -0.3 is 4.74 Å². The summed E-state index contributed by atoms with van der Waals surface area (Å²) in [5.41, 5.74) is 3.89. The molecule has 86 valence electrons. The van der Waals surface area contributed by atoms with Crippen molar-refractivity contribution in [3.8, 4) is 5.75 Å². The lowest BCUT2D eigenvalue weighted by molar-refractivity contribution is -0.116. The third-order valence-electron chi connectivity index (χ3n) is 3.25. The number of rotatable bonds is 3. The standard InChI is InChI=1S/C14H18O2/c1-10(15)9-13-12-6-4-3-5-11(12)7-8-14(13)16-2/h7-8H,3-6,9H2,1-2H3. The van der Waals surface area contributed by atoms with E-state index in [-0.39, 0.29) is 5.78 Å². The zero-order chi connectivity index (χ0) is 11.5. The first-order valence-electron chi connectivity index (χ1n) is 5.89. The molecule has 0 aromatic heterocycles. The van der Waals surface area contributed by atoms with E-state index >= 15 is 0 Å².